The van der Waals surface area contributed by atoms with Crippen molar-refractivity contribution in [3.8, 4) is 0 Å². The number of nitrogens with two attached hydrogens (primary N) is 1. The molecule has 0 amide bonds. The monoisotopic (exact) mass is 219 g/mol. The number of aromatic nitrogens is 1. The molecule has 1 aromatic heterocycles. The SMILES string of the molecule is Nc1cc(CS)nc(Cl)c1[N+](=O)[O-]. The maximum Gasteiger partial charge on any atom is 0.329 e. The summed E-state index contributed by atoms with van der Waals surface area (Å²) in [7, 11) is 0. The summed E-state index contributed by atoms with van der Waals surface area (Å²) >= 11 is 9.49. The number of anilines is 1. The van der Waals surface area contributed by atoms with Crippen LogP contribution < -0.4 is 5.73 Å². The summed E-state index contributed by atoms with van der Waals surface area (Å²) in [5.41, 5.74) is 5.56. The first kappa shape index (κ1) is 10.1. The Hall–Kier alpha value is -1.01. The van der Waals surface area contributed by atoms with E-state index in [0.29, 0.717) is 11.4 Å². The summed E-state index contributed by atoms with van der Waals surface area (Å²) in [6.45, 7) is 0. The number of rotatable bonds is 2. The van der Waals surface area contributed by atoms with Crippen LogP contribution in [0, 0.1) is 10.1 Å². The van der Waals surface area contributed by atoms with Gasteiger partial charge < -0.3 is 5.73 Å². The zero-order chi connectivity index (χ0) is 10.0. The van der Waals surface area contributed by atoms with Crippen LogP contribution in [-0.4, -0.2) is 9.91 Å². The molecule has 5 nitrogen and oxygen atoms in total. The van der Waals surface area contributed by atoms with E-state index < -0.39 is 4.92 Å². The van der Waals surface area contributed by atoms with Crippen molar-refractivity contribution in [2.24, 2.45) is 0 Å². The highest BCUT2D eigenvalue weighted by Gasteiger charge is 2.19. The predicted octanol–water partition coefficient (Wildman–Crippen LogP) is 1.66. The molecule has 0 spiro atoms. The number of halogens is 1. The molecule has 0 aliphatic heterocycles. The highest BCUT2D eigenvalue weighted by atomic mass is 35.5. The number of nitrogen functional groups attached to an aromatic ring is 1. The van der Waals surface area contributed by atoms with Crippen molar-refractivity contribution in [3.05, 3.63) is 27.0 Å². The number of nitro groups is 1. The van der Waals surface area contributed by atoms with Gasteiger partial charge in [-0.1, -0.05) is 11.6 Å². The Morgan fingerprint density at radius 1 is 1.77 bits per heavy atom. The molecular weight excluding hydrogens is 214 g/mol. The standard InChI is InChI=1S/C6H6ClN3O2S/c7-6-5(10(11)12)4(8)1-3(2-13)9-6/h1,13H,2H2,(H2,8,9). The van der Waals surface area contributed by atoms with Gasteiger partial charge in [0.2, 0.25) is 5.15 Å². The van der Waals surface area contributed by atoms with Crippen molar-refractivity contribution < 1.29 is 4.92 Å². The Balaban J connectivity index is 3.31. The molecule has 0 bridgehead atoms. The third-order valence-corrected chi connectivity index (χ3v) is 1.96. The molecule has 0 atom stereocenters. The highest BCUT2D eigenvalue weighted by molar-refractivity contribution is 7.79. The average molecular weight is 220 g/mol. The van der Waals surface area contributed by atoms with E-state index >= 15 is 0 Å². The molecule has 0 aliphatic carbocycles. The largest absolute Gasteiger partial charge is 0.393 e. The Labute approximate surface area is 84.5 Å². The molecule has 1 aromatic rings. The Bertz CT molecular complexity index is 335. The molecule has 70 valence electrons. The average Bonchev–Trinajstić information content (AvgIpc) is 2.02. The topological polar surface area (TPSA) is 82.0 Å². The number of nitrogens with zero attached hydrogens (tertiary/aromatic N) is 2. The van der Waals surface area contributed by atoms with E-state index in [1.54, 1.807) is 0 Å². The number of thiol groups is 1. The van der Waals surface area contributed by atoms with Gasteiger partial charge in [-0.25, -0.2) is 4.98 Å². The second kappa shape index (κ2) is 3.80. The smallest absolute Gasteiger partial charge is 0.329 e. The van der Waals surface area contributed by atoms with Crippen LogP contribution >= 0.6 is 24.2 Å². The zero-order valence-corrected chi connectivity index (χ0v) is 8.05. The molecule has 0 aromatic carbocycles. The van der Waals surface area contributed by atoms with Gasteiger partial charge in [0, 0.05) is 5.75 Å². The Kier molecular flexibility index (Phi) is 2.94. The maximum absolute atomic E-state index is 10.4. The summed E-state index contributed by atoms with van der Waals surface area (Å²) in [6, 6.07) is 1.39. The second-order valence-corrected chi connectivity index (χ2v) is 2.93. The van der Waals surface area contributed by atoms with Crippen LogP contribution in [0.5, 0.6) is 0 Å². The van der Waals surface area contributed by atoms with Gasteiger partial charge >= 0.3 is 5.69 Å². The van der Waals surface area contributed by atoms with E-state index in [-0.39, 0.29) is 16.5 Å². The van der Waals surface area contributed by atoms with Crippen LogP contribution in [0.15, 0.2) is 6.07 Å². The molecule has 13 heavy (non-hydrogen) atoms. The molecule has 0 fully saturated rings. The van der Waals surface area contributed by atoms with Gasteiger partial charge in [-0.05, 0) is 6.07 Å². The lowest BCUT2D eigenvalue weighted by molar-refractivity contribution is -0.384. The van der Waals surface area contributed by atoms with E-state index in [2.05, 4.69) is 17.6 Å². The fourth-order valence-electron chi connectivity index (χ4n) is 0.840. The summed E-state index contributed by atoms with van der Waals surface area (Å²) in [5, 5.41) is 10.2. The lowest BCUT2D eigenvalue weighted by Crippen LogP contribution is -2.00. The van der Waals surface area contributed by atoms with Gasteiger partial charge in [0.25, 0.3) is 0 Å². The second-order valence-electron chi connectivity index (χ2n) is 2.26. The fourth-order valence-corrected chi connectivity index (χ4v) is 1.29. The summed E-state index contributed by atoms with van der Waals surface area (Å²) in [5.74, 6) is 0.335. The van der Waals surface area contributed by atoms with Crippen molar-refractivity contribution in [2.45, 2.75) is 5.75 Å². The van der Waals surface area contributed by atoms with Gasteiger partial charge in [0.15, 0.2) is 0 Å². The van der Waals surface area contributed by atoms with E-state index in [1.807, 2.05) is 0 Å². The normalized spacial score (nSPS) is 10.0. The van der Waals surface area contributed by atoms with Crippen molar-refractivity contribution >= 4 is 35.6 Å². The van der Waals surface area contributed by atoms with Crippen molar-refractivity contribution in [1.82, 2.24) is 4.98 Å². The molecular formula is C6H6ClN3O2S. The first-order valence-electron chi connectivity index (χ1n) is 3.26. The van der Waals surface area contributed by atoms with E-state index in [4.69, 9.17) is 17.3 Å². The van der Waals surface area contributed by atoms with Gasteiger partial charge in [-0.15, -0.1) is 0 Å². The van der Waals surface area contributed by atoms with Crippen LogP contribution in [-0.2, 0) is 5.75 Å². The highest BCUT2D eigenvalue weighted by Crippen LogP contribution is 2.29. The molecule has 1 rings (SSSR count). The Morgan fingerprint density at radius 2 is 2.38 bits per heavy atom. The lowest BCUT2D eigenvalue weighted by atomic mass is 10.3. The van der Waals surface area contributed by atoms with Crippen LogP contribution in [0.25, 0.3) is 0 Å². The van der Waals surface area contributed by atoms with Gasteiger partial charge in [0.1, 0.15) is 5.69 Å². The third-order valence-electron chi connectivity index (χ3n) is 1.38. The van der Waals surface area contributed by atoms with Crippen molar-refractivity contribution in [2.75, 3.05) is 5.73 Å². The molecule has 1 heterocycles. The minimum absolute atomic E-state index is 0.00838. The van der Waals surface area contributed by atoms with Gasteiger partial charge in [0.05, 0.1) is 10.6 Å². The third kappa shape index (κ3) is 2.02. The van der Waals surface area contributed by atoms with Crippen LogP contribution in [0.1, 0.15) is 5.69 Å². The lowest BCUT2D eigenvalue weighted by Gasteiger charge is -2.01. The molecule has 0 saturated carbocycles. The first-order chi connectivity index (χ1) is 6.06. The van der Waals surface area contributed by atoms with Crippen LogP contribution in [0.3, 0.4) is 0 Å². The summed E-state index contributed by atoms with van der Waals surface area (Å²) < 4.78 is 0. The van der Waals surface area contributed by atoms with Crippen molar-refractivity contribution in [3.63, 3.8) is 0 Å². The maximum atomic E-state index is 10.4. The minimum Gasteiger partial charge on any atom is -0.393 e. The first-order valence-corrected chi connectivity index (χ1v) is 4.27. The van der Waals surface area contributed by atoms with Crippen molar-refractivity contribution in [1.29, 1.82) is 0 Å². The van der Waals surface area contributed by atoms with E-state index in [0.717, 1.165) is 0 Å². The predicted molar refractivity (Wildman–Crippen MR) is 53.0 cm³/mol. The Morgan fingerprint density at radius 3 is 2.77 bits per heavy atom. The van der Waals surface area contributed by atoms with Crippen LogP contribution in [0.4, 0.5) is 11.4 Å². The van der Waals surface area contributed by atoms with E-state index in [9.17, 15) is 10.1 Å². The molecule has 2 N–H and O–H groups in total. The zero-order valence-electron chi connectivity index (χ0n) is 6.40. The van der Waals surface area contributed by atoms with E-state index in [1.165, 1.54) is 6.07 Å². The van der Waals surface area contributed by atoms with Gasteiger partial charge in [-0.2, -0.15) is 12.6 Å². The minimum atomic E-state index is -0.660. The molecule has 7 heteroatoms. The quantitative estimate of drug-likeness (QED) is 0.343. The summed E-state index contributed by atoms with van der Waals surface area (Å²) in [6.07, 6.45) is 0. The van der Waals surface area contributed by atoms with Gasteiger partial charge in [-0.3, -0.25) is 10.1 Å². The summed E-state index contributed by atoms with van der Waals surface area (Å²) in [4.78, 5) is 13.5. The fraction of sp³-hybridized carbons (Fsp3) is 0.167. The molecule has 0 saturated heterocycles. The number of hydrogen-bond donors (Lipinski definition) is 2. The molecule has 0 unspecified atom stereocenters. The number of pyridine rings is 1. The molecule has 0 aliphatic rings. The number of hydrogen-bond acceptors (Lipinski definition) is 5. The molecule has 0 radical (unpaired) electrons. The van der Waals surface area contributed by atoms with Crippen LogP contribution in [0.2, 0.25) is 5.15 Å².